The van der Waals surface area contributed by atoms with Gasteiger partial charge in [0.25, 0.3) is 0 Å². The summed E-state index contributed by atoms with van der Waals surface area (Å²) in [4.78, 5) is 6.13. The Morgan fingerprint density at radius 2 is 1.94 bits per heavy atom. The lowest BCUT2D eigenvalue weighted by atomic mass is 10.1. The van der Waals surface area contributed by atoms with Crippen LogP contribution in [0.4, 0.5) is 5.69 Å². The van der Waals surface area contributed by atoms with Crippen molar-refractivity contribution in [3.8, 4) is 0 Å². The molecule has 1 aliphatic heterocycles. The van der Waals surface area contributed by atoms with Gasteiger partial charge in [-0.1, -0.05) is 24.3 Å². The van der Waals surface area contributed by atoms with Crippen LogP contribution >= 0.6 is 0 Å². The number of nitrogens with zero attached hydrogens (tertiary/aromatic N) is 2. The molecule has 0 saturated carbocycles. The molecule has 1 heterocycles. The molecule has 1 saturated heterocycles. The fourth-order valence-electron chi connectivity index (χ4n) is 1.88. The van der Waals surface area contributed by atoms with Gasteiger partial charge in [-0.25, -0.2) is 0 Å². The fourth-order valence-corrected chi connectivity index (χ4v) is 1.88. The molecular formula is C14H18N2O. The highest BCUT2D eigenvalue weighted by Gasteiger charge is 2.10. The molecule has 1 aromatic carbocycles. The Kier molecular flexibility index (Phi) is 4.33. The third-order valence-electron chi connectivity index (χ3n) is 2.81. The number of rotatable bonds is 4. The number of morpholine rings is 1. The Hall–Kier alpha value is -1.61. The summed E-state index contributed by atoms with van der Waals surface area (Å²) in [5, 5.41) is 0. The molecule has 17 heavy (non-hydrogen) atoms. The zero-order chi connectivity index (χ0) is 11.9. The second kappa shape index (κ2) is 6.21. The Morgan fingerprint density at radius 1 is 1.24 bits per heavy atom. The van der Waals surface area contributed by atoms with E-state index in [4.69, 9.17) is 4.74 Å². The number of benzene rings is 1. The summed E-state index contributed by atoms with van der Waals surface area (Å²) in [5.41, 5.74) is 2.47. The second-order valence-corrected chi connectivity index (χ2v) is 4.00. The first-order valence-electron chi connectivity index (χ1n) is 5.92. The van der Waals surface area contributed by atoms with Crippen LogP contribution in [-0.2, 0) is 4.74 Å². The van der Waals surface area contributed by atoms with Gasteiger partial charge < -0.3 is 9.64 Å². The van der Waals surface area contributed by atoms with Gasteiger partial charge in [-0.2, -0.15) is 0 Å². The van der Waals surface area contributed by atoms with Crippen molar-refractivity contribution in [2.45, 2.75) is 0 Å². The van der Waals surface area contributed by atoms with Crippen molar-refractivity contribution in [1.82, 2.24) is 0 Å². The molecule has 0 spiro atoms. The molecule has 0 aromatic heterocycles. The van der Waals surface area contributed by atoms with E-state index in [2.05, 4.69) is 47.0 Å². The first-order chi connectivity index (χ1) is 8.40. The van der Waals surface area contributed by atoms with Crippen molar-refractivity contribution in [3.63, 3.8) is 0 Å². The van der Waals surface area contributed by atoms with Crippen LogP contribution in [0, 0.1) is 0 Å². The molecule has 3 heteroatoms. The van der Waals surface area contributed by atoms with Gasteiger partial charge in [0.2, 0.25) is 0 Å². The van der Waals surface area contributed by atoms with E-state index in [1.54, 1.807) is 0 Å². The molecule has 3 nitrogen and oxygen atoms in total. The number of hydrogen-bond acceptors (Lipinski definition) is 3. The summed E-state index contributed by atoms with van der Waals surface area (Å²) in [7, 11) is 0. The third-order valence-corrected chi connectivity index (χ3v) is 2.81. The summed E-state index contributed by atoms with van der Waals surface area (Å²) < 4.78 is 5.34. The van der Waals surface area contributed by atoms with Crippen LogP contribution in [0.1, 0.15) is 5.56 Å². The lowest BCUT2D eigenvalue weighted by Gasteiger charge is -2.28. The number of aliphatic imine (C=N–C) groups is 1. The summed E-state index contributed by atoms with van der Waals surface area (Å²) in [6, 6.07) is 8.58. The predicted molar refractivity (Wildman–Crippen MR) is 72.9 cm³/mol. The minimum atomic E-state index is 0.672. The monoisotopic (exact) mass is 230 g/mol. The maximum absolute atomic E-state index is 5.34. The van der Waals surface area contributed by atoms with Gasteiger partial charge in [0.15, 0.2) is 0 Å². The van der Waals surface area contributed by atoms with Crippen molar-refractivity contribution in [2.24, 2.45) is 4.99 Å². The van der Waals surface area contributed by atoms with E-state index >= 15 is 0 Å². The fraction of sp³-hybridized carbons (Fsp3) is 0.357. The van der Waals surface area contributed by atoms with Gasteiger partial charge >= 0.3 is 0 Å². The number of anilines is 1. The minimum Gasteiger partial charge on any atom is -0.378 e. The Balaban J connectivity index is 1.99. The van der Waals surface area contributed by atoms with E-state index in [1.807, 2.05) is 6.08 Å². The quantitative estimate of drug-likeness (QED) is 0.741. The first-order valence-corrected chi connectivity index (χ1v) is 5.92. The van der Waals surface area contributed by atoms with Crippen molar-refractivity contribution >= 4 is 18.5 Å². The Bertz CT molecular complexity index is 378. The molecule has 0 radical (unpaired) electrons. The number of ether oxygens (including phenoxy) is 1. The van der Waals surface area contributed by atoms with Crippen molar-refractivity contribution in [1.29, 1.82) is 0 Å². The van der Waals surface area contributed by atoms with E-state index in [1.165, 1.54) is 11.3 Å². The molecule has 0 bridgehead atoms. The molecule has 2 rings (SSSR count). The summed E-state index contributed by atoms with van der Waals surface area (Å²) >= 11 is 0. The highest BCUT2D eigenvalue weighted by atomic mass is 16.5. The van der Waals surface area contributed by atoms with E-state index < -0.39 is 0 Å². The zero-order valence-electron chi connectivity index (χ0n) is 10.0. The van der Waals surface area contributed by atoms with Gasteiger partial charge in [-0.15, -0.1) is 0 Å². The molecule has 1 aromatic rings. The van der Waals surface area contributed by atoms with Gasteiger partial charge in [0, 0.05) is 18.8 Å². The van der Waals surface area contributed by atoms with Crippen LogP contribution in [0.15, 0.2) is 35.3 Å². The third kappa shape index (κ3) is 3.43. The first kappa shape index (κ1) is 11.9. The van der Waals surface area contributed by atoms with Crippen LogP contribution < -0.4 is 4.90 Å². The van der Waals surface area contributed by atoms with Gasteiger partial charge in [-0.3, -0.25) is 4.99 Å². The average molecular weight is 230 g/mol. The van der Waals surface area contributed by atoms with E-state index in [-0.39, 0.29) is 0 Å². The van der Waals surface area contributed by atoms with E-state index in [0.29, 0.717) is 6.54 Å². The summed E-state index contributed by atoms with van der Waals surface area (Å²) in [6.45, 7) is 7.73. The van der Waals surface area contributed by atoms with Crippen LogP contribution in [0.2, 0.25) is 0 Å². The molecule has 0 aliphatic carbocycles. The Labute approximate surface area is 102 Å². The molecule has 0 unspecified atom stereocenters. The van der Waals surface area contributed by atoms with E-state index in [9.17, 15) is 0 Å². The van der Waals surface area contributed by atoms with Crippen molar-refractivity contribution in [2.75, 3.05) is 37.7 Å². The minimum absolute atomic E-state index is 0.672. The molecule has 1 fully saturated rings. The van der Waals surface area contributed by atoms with Crippen LogP contribution in [0.3, 0.4) is 0 Å². The Morgan fingerprint density at radius 3 is 2.59 bits per heavy atom. The van der Waals surface area contributed by atoms with Crippen molar-refractivity contribution < 1.29 is 4.74 Å². The molecule has 0 amide bonds. The van der Waals surface area contributed by atoms with Gasteiger partial charge in [-0.05, 0) is 24.4 Å². The molecule has 0 N–H and O–H groups in total. The highest BCUT2D eigenvalue weighted by molar-refractivity contribution is 5.56. The highest BCUT2D eigenvalue weighted by Crippen LogP contribution is 2.17. The topological polar surface area (TPSA) is 24.8 Å². The van der Waals surface area contributed by atoms with Crippen LogP contribution in [-0.4, -0.2) is 39.6 Å². The lowest BCUT2D eigenvalue weighted by Crippen LogP contribution is -2.36. The van der Waals surface area contributed by atoms with Crippen LogP contribution in [0.5, 0.6) is 0 Å². The van der Waals surface area contributed by atoms with Crippen molar-refractivity contribution in [3.05, 3.63) is 35.9 Å². The normalized spacial score (nSPS) is 16.4. The second-order valence-electron chi connectivity index (χ2n) is 4.00. The maximum Gasteiger partial charge on any atom is 0.0642 e. The summed E-state index contributed by atoms with van der Waals surface area (Å²) in [5.74, 6) is 0. The van der Waals surface area contributed by atoms with E-state index in [0.717, 1.165) is 26.3 Å². The van der Waals surface area contributed by atoms with Gasteiger partial charge in [0.05, 0.1) is 19.8 Å². The molecular weight excluding hydrogens is 212 g/mol. The lowest BCUT2D eigenvalue weighted by molar-refractivity contribution is 0.122. The average Bonchev–Trinajstić information content (AvgIpc) is 2.41. The largest absolute Gasteiger partial charge is 0.378 e. The summed E-state index contributed by atoms with van der Waals surface area (Å²) in [6.07, 6.45) is 4.08. The smallest absolute Gasteiger partial charge is 0.0642 e. The SMILES string of the molecule is C=NC/C=C/c1ccc(N2CCOCC2)cc1. The molecule has 0 atom stereocenters. The number of hydrogen-bond donors (Lipinski definition) is 0. The predicted octanol–water partition coefficient (Wildman–Crippen LogP) is 2.24. The molecule has 1 aliphatic rings. The molecule has 90 valence electrons. The standard InChI is InChI=1S/C14H18N2O/c1-15-8-2-3-13-4-6-14(7-5-13)16-9-11-17-12-10-16/h2-7H,1,8-12H2/b3-2+. The van der Waals surface area contributed by atoms with Crippen LogP contribution in [0.25, 0.3) is 6.08 Å². The maximum atomic E-state index is 5.34. The van der Waals surface area contributed by atoms with Gasteiger partial charge in [0.1, 0.15) is 0 Å². The zero-order valence-corrected chi connectivity index (χ0v) is 10.0.